The zero-order valence-electron chi connectivity index (χ0n) is 23.1. The van der Waals surface area contributed by atoms with E-state index in [1.165, 1.54) is 30.5 Å². The van der Waals surface area contributed by atoms with Gasteiger partial charge < -0.3 is 15.6 Å². The standard InChI is InChI=1S/C31H37N7O2/c1-22(2)20-23-6-12-26(13-7-23)30(40)38(28-16-14-27(15-17-28)37-18-4-3-5-19-37)21-24-8-10-25(11-9-24)29(39)34-31(35-32)36-33/h6-17,22,32H,3-5,18-21,33H2,1-2H3,(H,34,36,39). The van der Waals surface area contributed by atoms with Crippen molar-refractivity contribution in [2.24, 2.45) is 22.0 Å². The van der Waals surface area contributed by atoms with Gasteiger partial charge in [0, 0.05) is 35.6 Å². The van der Waals surface area contributed by atoms with E-state index in [4.69, 9.17) is 11.4 Å². The molecule has 3 aromatic carbocycles. The lowest BCUT2D eigenvalue weighted by molar-refractivity contribution is 0.0970. The second-order valence-corrected chi connectivity index (χ2v) is 10.5. The van der Waals surface area contributed by atoms with Gasteiger partial charge in [0.2, 0.25) is 0 Å². The van der Waals surface area contributed by atoms with Gasteiger partial charge in [-0.05, 0) is 91.3 Å². The molecule has 1 saturated heterocycles. The predicted octanol–water partition coefficient (Wildman–Crippen LogP) is 5.71. The van der Waals surface area contributed by atoms with E-state index in [0.29, 0.717) is 23.6 Å². The average molecular weight is 540 g/mol. The van der Waals surface area contributed by atoms with Crippen LogP contribution >= 0.6 is 0 Å². The molecule has 1 fully saturated rings. The molecule has 3 aromatic rings. The lowest BCUT2D eigenvalue weighted by Crippen LogP contribution is -2.31. The Bertz CT molecular complexity index is 1330. The molecule has 0 saturated carbocycles. The van der Waals surface area contributed by atoms with Crippen LogP contribution in [0.3, 0.4) is 0 Å². The molecule has 0 spiro atoms. The van der Waals surface area contributed by atoms with Crippen LogP contribution in [0.1, 0.15) is 65.0 Å². The summed E-state index contributed by atoms with van der Waals surface area (Å²) in [7, 11) is 0. The minimum absolute atomic E-state index is 0.0931. The first-order valence-corrected chi connectivity index (χ1v) is 13.7. The molecule has 9 heteroatoms. The van der Waals surface area contributed by atoms with Crippen LogP contribution in [-0.2, 0) is 13.0 Å². The van der Waals surface area contributed by atoms with Crippen LogP contribution in [0.4, 0.5) is 11.4 Å². The van der Waals surface area contributed by atoms with E-state index in [1.54, 1.807) is 29.2 Å². The van der Waals surface area contributed by atoms with Crippen LogP contribution in [0.2, 0.25) is 0 Å². The van der Waals surface area contributed by atoms with Gasteiger partial charge in [0.15, 0.2) is 0 Å². The normalized spacial score (nSPS) is 13.7. The van der Waals surface area contributed by atoms with Gasteiger partial charge in [-0.2, -0.15) is 0 Å². The summed E-state index contributed by atoms with van der Waals surface area (Å²) in [5.74, 6) is 4.81. The molecule has 0 atom stereocenters. The zero-order valence-corrected chi connectivity index (χ0v) is 23.1. The van der Waals surface area contributed by atoms with Crippen LogP contribution in [0, 0.1) is 11.4 Å². The molecule has 9 nitrogen and oxygen atoms in total. The molecule has 208 valence electrons. The molecular weight excluding hydrogens is 502 g/mol. The van der Waals surface area contributed by atoms with Crippen LogP contribution in [0.5, 0.6) is 0 Å². The van der Waals surface area contributed by atoms with Crippen molar-refractivity contribution in [3.63, 3.8) is 0 Å². The summed E-state index contributed by atoms with van der Waals surface area (Å²) in [5, 5.41) is 8.68. The second-order valence-electron chi connectivity index (χ2n) is 10.5. The summed E-state index contributed by atoms with van der Waals surface area (Å²) in [4.78, 5) is 30.4. The number of guanidine groups is 1. The van der Waals surface area contributed by atoms with E-state index < -0.39 is 5.91 Å². The van der Waals surface area contributed by atoms with Gasteiger partial charge in [-0.15, -0.1) is 10.2 Å². The largest absolute Gasteiger partial charge is 0.372 e. The first-order valence-electron chi connectivity index (χ1n) is 13.7. The molecule has 0 unspecified atom stereocenters. The maximum Gasteiger partial charge on any atom is 0.265 e. The Morgan fingerprint density at radius 2 is 1.50 bits per heavy atom. The number of hydrogen-bond donors (Lipinski definition) is 3. The maximum atomic E-state index is 13.8. The summed E-state index contributed by atoms with van der Waals surface area (Å²) in [6.07, 6.45) is 4.63. The number of nitrogens with two attached hydrogens (primary N) is 1. The topological polar surface area (TPSA) is 127 Å². The van der Waals surface area contributed by atoms with E-state index >= 15 is 0 Å². The third-order valence-electron chi connectivity index (χ3n) is 6.98. The Kier molecular flexibility index (Phi) is 9.62. The zero-order chi connectivity index (χ0) is 28.5. The molecule has 0 aliphatic carbocycles. The van der Waals surface area contributed by atoms with Crippen molar-refractivity contribution in [3.05, 3.63) is 95.1 Å². The fraction of sp³-hybridized carbons (Fsp3) is 0.323. The van der Waals surface area contributed by atoms with Crippen molar-refractivity contribution < 1.29 is 9.59 Å². The highest BCUT2D eigenvalue weighted by atomic mass is 16.2. The molecule has 4 rings (SSSR count). The van der Waals surface area contributed by atoms with Crippen LogP contribution < -0.4 is 21.0 Å². The number of hydrazone groups is 1. The first-order chi connectivity index (χ1) is 19.4. The first kappa shape index (κ1) is 28.5. The lowest BCUT2D eigenvalue weighted by Gasteiger charge is -2.29. The molecule has 2 amide bonds. The number of carbonyl (C=O) groups excluding carboxylic acids is 2. The highest BCUT2D eigenvalue weighted by Gasteiger charge is 2.20. The van der Waals surface area contributed by atoms with Gasteiger partial charge >= 0.3 is 0 Å². The monoisotopic (exact) mass is 539 g/mol. The fourth-order valence-electron chi connectivity index (χ4n) is 4.89. The van der Waals surface area contributed by atoms with Gasteiger partial charge in [0.25, 0.3) is 17.8 Å². The Morgan fingerprint density at radius 1 is 0.900 bits per heavy atom. The van der Waals surface area contributed by atoms with Gasteiger partial charge in [-0.3, -0.25) is 14.9 Å². The number of nitrogens with one attached hydrogen (secondary N) is 2. The summed E-state index contributed by atoms with van der Waals surface area (Å²) in [6.45, 7) is 6.80. The second kappa shape index (κ2) is 13.5. The lowest BCUT2D eigenvalue weighted by atomic mass is 10.0. The van der Waals surface area contributed by atoms with Crippen molar-refractivity contribution in [1.29, 1.82) is 5.53 Å². The highest BCUT2D eigenvalue weighted by molar-refractivity contribution is 6.06. The van der Waals surface area contributed by atoms with Gasteiger partial charge in [-0.25, -0.2) is 5.53 Å². The van der Waals surface area contributed by atoms with E-state index in [-0.39, 0.29) is 11.9 Å². The molecular formula is C31H37N7O2. The van der Waals surface area contributed by atoms with E-state index in [0.717, 1.165) is 30.8 Å². The van der Waals surface area contributed by atoms with Crippen molar-refractivity contribution >= 4 is 29.1 Å². The smallest absolute Gasteiger partial charge is 0.265 e. The Morgan fingerprint density at radius 3 is 2.08 bits per heavy atom. The molecule has 1 aliphatic rings. The number of anilines is 2. The molecule has 1 heterocycles. The number of hydrogen-bond acceptors (Lipinski definition) is 6. The van der Waals surface area contributed by atoms with Gasteiger partial charge in [0.1, 0.15) is 0 Å². The third kappa shape index (κ3) is 7.31. The molecule has 0 aromatic heterocycles. The molecule has 1 aliphatic heterocycles. The Balaban J connectivity index is 1.58. The van der Waals surface area contributed by atoms with Crippen LogP contribution in [0.15, 0.2) is 83.0 Å². The highest BCUT2D eigenvalue weighted by Crippen LogP contribution is 2.26. The van der Waals surface area contributed by atoms with Crippen LogP contribution in [0.25, 0.3) is 0 Å². The quantitative estimate of drug-likeness (QED) is 0.111. The van der Waals surface area contributed by atoms with Crippen molar-refractivity contribution in [3.8, 4) is 0 Å². The number of benzene rings is 3. The van der Waals surface area contributed by atoms with Crippen molar-refractivity contribution in [1.82, 2.24) is 5.32 Å². The van der Waals surface area contributed by atoms with Gasteiger partial charge in [0.05, 0.1) is 6.54 Å². The van der Waals surface area contributed by atoms with Crippen molar-refractivity contribution in [2.75, 3.05) is 22.9 Å². The summed E-state index contributed by atoms with van der Waals surface area (Å²) in [6, 6.07) is 23.0. The number of carbonyl (C=O) groups is 2. The van der Waals surface area contributed by atoms with Crippen LogP contribution in [-0.4, -0.2) is 30.9 Å². The molecule has 0 bridgehead atoms. The van der Waals surface area contributed by atoms with Crippen molar-refractivity contribution in [2.45, 2.75) is 46.1 Å². The summed E-state index contributed by atoms with van der Waals surface area (Å²) < 4.78 is 0. The van der Waals surface area contributed by atoms with E-state index in [1.807, 2.05) is 36.4 Å². The summed E-state index contributed by atoms with van der Waals surface area (Å²) in [5.41, 5.74) is 12.0. The minimum Gasteiger partial charge on any atom is -0.372 e. The predicted molar refractivity (Wildman–Crippen MR) is 159 cm³/mol. The number of piperidine rings is 1. The molecule has 0 radical (unpaired) electrons. The number of rotatable bonds is 8. The fourth-order valence-corrected chi connectivity index (χ4v) is 4.89. The average Bonchev–Trinajstić information content (AvgIpc) is 2.99. The Hall–Kier alpha value is -4.53. The number of nitrogens with zero attached hydrogens (tertiary/aromatic N) is 4. The van der Waals surface area contributed by atoms with E-state index in [2.05, 4.69) is 46.4 Å². The van der Waals surface area contributed by atoms with E-state index in [9.17, 15) is 9.59 Å². The molecule has 40 heavy (non-hydrogen) atoms. The summed E-state index contributed by atoms with van der Waals surface area (Å²) >= 11 is 0. The SMILES string of the molecule is CC(C)Cc1ccc(C(=O)N(Cc2ccc(C(=O)N/C(N=N)=N/N)cc2)c2ccc(N3CCCCC3)cc2)cc1. The number of amides is 2. The van der Waals surface area contributed by atoms with Gasteiger partial charge in [-0.1, -0.05) is 38.1 Å². The Labute approximate surface area is 235 Å². The molecule has 4 N–H and O–H groups in total. The minimum atomic E-state index is -0.477. The maximum absolute atomic E-state index is 13.8. The third-order valence-corrected chi connectivity index (χ3v) is 6.98.